The lowest BCUT2D eigenvalue weighted by molar-refractivity contribution is -0.121. The molecule has 1 atom stereocenters. The zero-order chi connectivity index (χ0) is 19.6. The van der Waals surface area contributed by atoms with Crippen molar-refractivity contribution in [1.29, 1.82) is 0 Å². The van der Waals surface area contributed by atoms with Crippen molar-refractivity contribution in [3.8, 4) is 0 Å². The first-order valence-corrected chi connectivity index (χ1v) is 8.23. The molecule has 0 saturated heterocycles. The van der Waals surface area contributed by atoms with Gasteiger partial charge in [0.2, 0.25) is 5.91 Å². The second-order valence-corrected chi connectivity index (χ2v) is 6.05. The van der Waals surface area contributed by atoms with Crippen molar-refractivity contribution in [2.45, 2.75) is 12.5 Å². The predicted octanol–water partition coefficient (Wildman–Crippen LogP) is 1.80. The van der Waals surface area contributed by atoms with Crippen LogP contribution >= 0.6 is 0 Å². The van der Waals surface area contributed by atoms with Crippen LogP contribution in [-0.4, -0.2) is 40.8 Å². The molecule has 140 valence electrons. The van der Waals surface area contributed by atoms with Gasteiger partial charge in [-0.2, -0.15) is 0 Å². The predicted molar refractivity (Wildman–Crippen MR) is 90.8 cm³/mol. The van der Waals surface area contributed by atoms with E-state index in [0.29, 0.717) is 11.1 Å². The van der Waals surface area contributed by atoms with Gasteiger partial charge < -0.3 is 10.4 Å². The molecule has 8 heteroatoms. The highest BCUT2D eigenvalue weighted by atomic mass is 19.2. The number of benzene rings is 2. The van der Waals surface area contributed by atoms with Crippen molar-refractivity contribution in [2.24, 2.45) is 0 Å². The number of aliphatic hydroxyl groups is 1. The third-order valence-corrected chi connectivity index (χ3v) is 4.26. The van der Waals surface area contributed by atoms with E-state index in [9.17, 15) is 28.3 Å². The summed E-state index contributed by atoms with van der Waals surface area (Å²) in [5.41, 5.74) is 0.725. The number of nitrogens with one attached hydrogen (secondary N) is 1. The van der Waals surface area contributed by atoms with Crippen LogP contribution in [0.1, 0.15) is 38.8 Å². The molecule has 1 aliphatic heterocycles. The fraction of sp³-hybridized carbons (Fsp3) is 0.211. The van der Waals surface area contributed by atoms with Crippen LogP contribution < -0.4 is 5.32 Å². The number of halogens is 2. The van der Waals surface area contributed by atoms with Gasteiger partial charge in [-0.05, 0) is 29.8 Å². The molecule has 6 nitrogen and oxygen atoms in total. The Balaban J connectivity index is 1.51. The van der Waals surface area contributed by atoms with Crippen LogP contribution in [0.5, 0.6) is 0 Å². The summed E-state index contributed by atoms with van der Waals surface area (Å²) in [6.07, 6.45) is -1.36. The quantitative estimate of drug-likeness (QED) is 0.755. The lowest BCUT2D eigenvalue weighted by Crippen LogP contribution is -2.35. The van der Waals surface area contributed by atoms with Gasteiger partial charge in [-0.25, -0.2) is 8.78 Å². The number of aliphatic hydroxyl groups excluding tert-OH is 1. The Bertz CT molecular complexity index is 881. The molecule has 0 fully saturated rings. The van der Waals surface area contributed by atoms with Crippen LogP contribution in [0.25, 0.3) is 0 Å². The van der Waals surface area contributed by atoms with Crippen molar-refractivity contribution in [3.05, 3.63) is 70.8 Å². The number of hydrogen-bond donors (Lipinski definition) is 2. The Morgan fingerprint density at radius 3 is 2.26 bits per heavy atom. The number of rotatable bonds is 6. The maximum atomic E-state index is 13.2. The monoisotopic (exact) mass is 374 g/mol. The smallest absolute Gasteiger partial charge is 0.261 e. The summed E-state index contributed by atoms with van der Waals surface area (Å²) < 4.78 is 26.1. The number of carbonyl (C=O) groups is 3. The molecule has 1 aliphatic rings. The van der Waals surface area contributed by atoms with Gasteiger partial charge in [-0.1, -0.05) is 18.2 Å². The summed E-state index contributed by atoms with van der Waals surface area (Å²) in [5, 5.41) is 12.4. The highest BCUT2D eigenvalue weighted by Gasteiger charge is 2.34. The van der Waals surface area contributed by atoms with Gasteiger partial charge in [-0.3, -0.25) is 19.3 Å². The van der Waals surface area contributed by atoms with E-state index in [4.69, 9.17) is 0 Å². The first-order chi connectivity index (χ1) is 12.9. The van der Waals surface area contributed by atoms with Gasteiger partial charge in [0.1, 0.15) is 0 Å². The Labute approximate surface area is 153 Å². The van der Waals surface area contributed by atoms with Gasteiger partial charge >= 0.3 is 0 Å². The number of imide groups is 1. The summed E-state index contributed by atoms with van der Waals surface area (Å²) in [7, 11) is 0. The molecule has 0 aliphatic carbocycles. The third kappa shape index (κ3) is 3.85. The molecule has 2 N–H and O–H groups in total. The second-order valence-electron chi connectivity index (χ2n) is 6.05. The Morgan fingerprint density at radius 1 is 1.04 bits per heavy atom. The van der Waals surface area contributed by atoms with Crippen LogP contribution in [0.15, 0.2) is 42.5 Å². The molecule has 1 heterocycles. The van der Waals surface area contributed by atoms with E-state index in [1.54, 1.807) is 24.3 Å². The van der Waals surface area contributed by atoms with Gasteiger partial charge in [0, 0.05) is 19.5 Å². The minimum Gasteiger partial charge on any atom is -0.387 e. The Hall–Kier alpha value is -3.13. The molecule has 3 rings (SSSR count). The van der Waals surface area contributed by atoms with Crippen molar-refractivity contribution >= 4 is 17.7 Å². The molecular formula is C19H16F2N2O4. The van der Waals surface area contributed by atoms with E-state index in [1.165, 1.54) is 6.07 Å². The van der Waals surface area contributed by atoms with E-state index in [2.05, 4.69) is 5.32 Å². The van der Waals surface area contributed by atoms with Crippen LogP contribution in [0.3, 0.4) is 0 Å². The maximum Gasteiger partial charge on any atom is 0.261 e. The highest BCUT2D eigenvalue weighted by Crippen LogP contribution is 2.22. The summed E-state index contributed by atoms with van der Waals surface area (Å²) in [6.45, 7) is -0.314. The molecule has 0 radical (unpaired) electrons. The summed E-state index contributed by atoms with van der Waals surface area (Å²) in [5.74, 6) is -3.52. The number of nitrogens with zero attached hydrogens (tertiary/aromatic N) is 1. The largest absolute Gasteiger partial charge is 0.387 e. The van der Waals surface area contributed by atoms with Gasteiger partial charge in [0.15, 0.2) is 11.6 Å². The average Bonchev–Trinajstić information content (AvgIpc) is 2.91. The maximum absolute atomic E-state index is 13.2. The van der Waals surface area contributed by atoms with E-state index >= 15 is 0 Å². The molecule has 0 unspecified atom stereocenters. The normalized spacial score (nSPS) is 14.3. The third-order valence-electron chi connectivity index (χ3n) is 4.26. The molecule has 0 bridgehead atoms. The SMILES string of the molecule is O=C(CCN1C(=O)c2ccccc2C1=O)NC[C@H](O)c1ccc(F)c(F)c1. The lowest BCUT2D eigenvalue weighted by Gasteiger charge is -2.15. The number of amides is 3. The van der Waals surface area contributed by atoms with Crippen LogP contribution in [0.2, 0.25) is 0 Å². The van der Waals surface area contributed by atoms with Gasteiger partial charge in [-0.15, -0.1) is 0 Å². The van der Waals surface area contributed by atoms with Crippen LogP contribution in [0, 0.1) is 11.6 Å². The zero-order valence-electron chi connectivity index (χ0n) is 14.1. The number of carbonyl (C=O) groups excluding carboxylic acids is 3. The van der Waals surface area contributed by atoms with Gasteiger partial charge in [0.25, 0.3) is 11.8 Å². The summed E-state index contributed by atoms with van der Waals surface area (Å²) in [6, 6.07) is 9.36. The van der Waals surface area contributed by atoms with E-state index in [1.807, 2.05) is 0 Å². The molecule has 2 aromatic rings. The zero-order valence-corrected chi connectivity index (χ0v) is 14.1. The Kier molecular flexibility index (Phi) is 5.27. The fourth-order valence-corrected chi connectivity index (χ4v) is 2.79. The lowest BCUT2D eigenvalue weighted by atomic mass is 10.1. The van der Waals surface area contributed by atoms with Crippen LogP contribution in [0.4, 0.5) is 8.78 Å². The minimum atomic E-state index is -1.22. The average molecular weight is 374 g/mol. The molecule has 0 saturated carbocycles. The first kappa shape index (κ1) is 18.7. The van der Waals surface area contributed by atoms with E-state index in [-0.39, 0.29) is 25.1 Å². The number of fused-ring (bicyclic) bond motifs is 1. The fourth-order valence-electron chi connectivity index (χ4n) is 2.79. The summed E-state index contributed by atoms with van der Waals surface area (Å²) >= 11 is 0. The van der Waals surface area contributed by atoms with Crippen molar-refractivity contribution < 1.29 is 28.3 Å². The topological polar surface area (TPSA) is 86.7 Å². The minimum absolute atomic E-state index is 0.0978. The summed E-state index contributed by atoms with van der Waals surface area (Å²) in [4.78, 5) is 37.3. The van der Waals surface area contributed by atoms with Crippen molar-refractivity contribution in [2.75, 3.05) is 13.1 Å². The van der Waals surface area contributed by atoms with Gasteiger partial charge in [0.05, 0.1) is 17.2 Å². The van der Waals surface area contributed by atoms with Crippen LogP contribution in [-0.2, 0) is 4.79 Å². The highest BCUT2D eigenvalue weighted by molar-refractivity contribution is 6.21. The first-order valence-electron chi connectivity index (χ1n) is 8.23. The Morgan fingerprint density at radius 2 is 1.67 bits per heavy atom. The molecule has 27 heavy (non-hydrogen) atoms. The second kappa shape index (κ2) is 7.63. The van der Waals surface area contributed by atoms with E-state index in [0.717, 1.165) is 17.0 Å². The molecule has 2 aromatic carbocycles. The van der Waals surface area contributed by atoms with Crippen molar-refractivity contribution in [1.82, 2.24) is 10.2 Å². The molecule has 0 aromatic heterocycles. The molecule has 3 amide bonds. The number of hydrogen-bond acceptors (Lipinski definition) is 4. The molecular weight excluding hydrogens is 358 g/mol. The van der Waals surface area contributed by atoms with E-state index < -0.39 is 35.5 Å². The molecule has 0 spiro atoms. The van der Waals surface area contributed by atoms with Crippen molar-refractivity contribution in [3.63, 3.8) is 0 Å². The standard InChI is InChI=1S/C19H16F2N2O4/c20-14-6-5-11(9-15(14)21)16(24)10-22-17(25)7-8-23-18(26)12-3-1-2-4-13(12)19(23)27/h1-6,9,16,24H,7-8,10H2,(H,22,25)/t16-/m0/s1.